The van der Waals surface area contributed by atoms with Crippen molar-refractivity contribution in [3.05, 3.63) is 184 Å². The van der Waals surface area contributed by atoms with Crippen LogP contribution in [-0.2, 0) is 27.1 Å². The quantitative estimate of drug-likeness (QED) is 0.149. The zero-order valence-corrected chi connectivity index (χ0v) is 41.8. The van der Waals surface area contributed by atoms with Crippen LogP contribution in [0.1, 0.15) is 128 Å². The monoisotopic (exact) mass is 878 g/mol. The first-order valence-corrected chi connectivity index (χ1v) is 25.1. The zero-order valence-electron chi connectivity index (χ0n) is 41.8. The molecule has 332 valence electrons. The van der Waals surface area contributed by atoms with Crippen molar-refractivity contribution in [3.8, 4) is 50.2 Å². The van der Waals surface area contributed by atoms with Gasteiger partial charge in [0.15, 0.2) is 0 Å². The van der Waals surface area contributed by atoms with Gasteiger partial charge in [-0.05, 0) is 148 Å². The van der Waals surface area contributed by atoms with Crippen LogP contribution in [0, 0.1) is 0 Å². The van der Waals surface area contributed by atoms with E-state index in [-0.39, 0.29) is 33.9 Å². The highest BCUT2D eigenvalue weighted by Gasteiger charge is 2.52. The topological polar surface area (TPSA) is 8.17 Å². The van der Waals surface area contributed by atoms with Gasteiger partial charge in [0.2, 0.25) is 0 Å². The molecular weight excluding hydrogens is 820 g/mol. The maximum absolute atomic E-state index is 2.78. The number of rotatable bonds is 1. The Morgan fingerprint density at radius 2 is 0.971 bits per heavy atom. The van der Waals surface area contributed by atoms with Gasteiger partial charge >= 0.3 is 6.85 Å². The van der Waals surface area contributed by atoms with E-state index in [1.165, 1.54) is 139 Å². The van der Waals surface area contributed by atoms with Crippen molar-refractivity contribution >= 4 is 51.0 Å². The highest BCUT2D eigenvalue weighted by Crippen LogP contribution is 2.61. The highest BCUT2D eigenvalue weighted by atomic mass is 15.1. The molecule has 0 amide bonds. The molecule has 3 heteroatoms. The van der Waals surface area contributed by atoms with Crippen LogP contribution in [0.15, 0.2) is 140 Å². The third kappa shape index (κ3) is 4.81. The van der Waals surface area contributed by atoms with Crippen LogP contribution >= 0.6 is 0 Å². The van der Waals surface area contributed by atoms with Crippen LogP contribution in [0.2, 0.25) is 0 Å². The minimum Gasteiger partial charge on any atom is -0.376 e. The molecule has 0 atom stereocenters. The van der Waals surface area contributed by atoms with Crippen LogP contribution in [0.3, 0.4) is 0 Å². The molecule has 1 aromatic heterocycles. The Bertz CT molecular complexity index is 3780. The number of benzene rings is 8. The highest BCUT2D eigenvalue weighted by molar-refractivity contribution is 6.94. The van der Waals surface area contributed by atoms with Crippen LogP contribution in [0.5, 0.6) is 0 Å². The lowest BCUT2D eigenvalue weighted by Crippen LogP contribution is -2.61. The van der Waals surface area contributed by atoms with Gasteiger partial charge in [-0.2, -0.15) is 0 Å². The molecule has 0 bridgehead atoms. The summed E-state index contributed by atoms with van der Waals surface area (Å²) in [6, 6.07) is 55.3. The fourth-order valence-corrected chi connectivity index (χ4v) is 14.1. The van der Waals surface area contributed by atoms with Crippen LogP contribution < -0.4 is 15.7 Å². The molecular formula is C65H59BN2. The maximum Gasteiger partial charge on any atom is 0.333 e. The van der Waals surface area contributed by atoms with Crippen molar-refractivity contribution < 1.29 is 0 Å². The minimum atomic E-state index is -0.266. The van der Waals surface area contributed by atoms with Crippen LogP contribution in [-0.4, -0.2) is 11.4 Å². The van der Waals surface area contributed by atoms with E-state index >= 15 is 0 Å². The van der Waals surface area contributed by atoms with E-state index in [1.807, 2.05) is 0 Å². The van der Waals surface area contributed by atoms with Crippen molar-refractivity contribution in [1.29, 1.82) is 0 Å². The summed E-state index contributed by atoms with van der Waals surface area (Å²) < 4.78 is 2.73. The van der Waals surface area contributed by atoms with Crippen LogP contribution in [0.4, 0.5) is 11.4 Å². The molecule has 68 heavy (non-hydrogen) atoms. The first-order valence-electron chi connectivity index (χ1n) is 25.1. The molecule has 0 N–H and O–H groups in total. The molecule has 0 spiro atoms. The standard InChI is InChI=1S/C65H59BN2/c1-61(2,3)36-25-28-38(29-26-36)68-53-34-49-42(39-19-13-16-22-46(39)63(49,7)8)32-45(53)57-58-55(41-21-15-18-24-48(41)65(58,11)12)56-44-31-37(62(4,5)6)27-30-52(44)67-54-35-50-43(33-51(54)66(68)59(57)60(56)67)40-20-14-17-23-47(40)64(50,9)10/h13-35H,1-12H3. The van der Waals surface area contributed by atoms with Gasteiger partial charge in [0.05, 0.1) is 11.0 Å². The lowest BCUT2D eigenvalue weighted by Gasteiger charge is -2.44. The van der Waals surface area contributed by atoms with Crippen molar-refractivity contribution in [1.82, 2.24) is 4.57 Å². The second-order valence-electron chi connectivity index (χ2n) is 24.5. The summed E-state index contributed by atoms with van der Waals surface area (Å²) in [7, 11) is 0. The van der Waals surface area contributed by atoms with E-state index in [1.54, 1.807) is 0 Å². The summed E-state index contributed by atoms with van der Waals surface area (Å²) in [5.41, 5.74) is 30.9. The molecule has 0 saturated carbocycles. The molecule has 2 nitrogen and oxygen atoms in total. The third-order valence-electron chi connectivity index (χ3n) is 17.6. The molecule has 3 aliphatic carbocycles. The Morgan fingerprint density at radius 1 is 0.441 bits per heavy atom. The molecule has 3 heterocycles. The summed E-state index contributed by atoms with van der Waals surface area (Å²) in [5.74, 6) is 0. The molecule has 2 aliphatic heterocycles. The zero-order chi connectivity index (χ0) is 46.9. The smallest absolute Gasteiger partial charge is 0.333 e. The lowest BCUT2D eigenvalue weighted by molar-refractivity contribution is 0.590. The van der Waals surface area contributed by atoms with Gasteiger partial charge in [0, 0.05) is 49.6 Å². The third-order valence-corrected chi connectivity index (χ3v) is 17.6. The molecule has 5 aliphatic rings. The van der Waals surface area contributed by atoms with E-state index in [0.29, 0.717) is 0 Å². The Balaban J connectivity index is 1.23. The van der Waals surface area contributed by atoms with Gasteiger partial charge in [0.1, 0.15) is 0 Å². The number of hydrogen-bond acceptors (Lipinski definition) is 1. The summed E-state index contributed by atoms with van der Waals surface area (Å²) in [4.78, 5) is 2.78. The summed E-state index contributed by atoms with van der Waals surface area (Å²) in [5, 5.41) is 2.75. The summed E-state index contributed by atoms with van der Waals surface area (Å²) in [6.07, 6.45) is 0. The number of fused-ring (bicyclic) bond motifs is 19. The maximum atomic E-state index is 2.78. The van der Waals surface area contributed by atoms with Crippen LogP contribution in [0.25, 0.3) is 72.0 Å². The van der Waals surface area contributed by atoms with E-state index < -0.39 is 0 Å². The van der Waals surface area contributed by atoms with Gasteiger partial charge in [-0.15, -0.1) is 0 Å². The predicted molar refractivity (Wildman–Crippen MR) is 290 cm³/mol. The number of aromatic nitrogens is 1. The lowest BCUT2D eigenvalue weighted by atomic mass is 9.43. The SMILES string of the molecule is CC(C)(C)c1ccc(N2B3c4cc5c(cc4-n4c6ccc(C(C)(C)C)cc6c6c7c(c(c3c64)-c3cc4c(cc32)C(C)(C)c2ccccc2-4)C(C)(C)c2ccccc2-7)C(C)(C)c2ccccc2-5)cc1. The van der Waals surface area contributed by atoms with Gasteiger partial charge in [0.25, 0.3) is 0 Å². The predicted octanol–water partition coefficient (Wildman–Crippen LogP) is 15.5. The number of anilines is 2. The van der Waals surface area contributed by atoms with Crippen molar-refractivity contribution in [2.24, 2.45) is 0 Å². The molecule has 8 aromatic carbocycles. The number of nitrogens with zero attached hydrogens (tertiary/aromatic N) is 2. The van der Waals surface area contributed by atoms with E-state index in [9.17, 15) is 0 Å². The normalized spacial score (nSPS) is 16.8. The Morgan fingerprint density at radius 3 is 1.57 bits per heavy atom. The summed E-state index contributed by atoms with van der Waals surface area (Å²) in [6.45, 7) is 28.7. The fourth-order valence-electron chi connectivity index (χ4n) is 14.1. The van der Waals surface area contributed by atoms with Crippen molar-refractivity contribution in [2.75, 3.05) is 4.81 Å². The van der Waals surface area contributed by atoms with Gasteiger partial charge < -0.3 is 9.38 Å². The van der Waals surface area contributed by atoms with Gasteiger partial charge in [-0.25, -0.2) is 0 Å². The van der Waals surface area contributed by atoms with E-state index in [2.05, 4.69) is 232 Å². The second kappa shape index (κ2) is 12.5. The first-order chi connectivity index (χ1) is 32.3. The van der Waals surface area contributed by atoms with Crippen molar-refractivity contribution in [2.45, 2.75) is 110 Å². The van der Waals surface area contributed by atoms with E-state index in [4.69, 9.17) is 0 Å². The fraction of sp³-hybridized carbons (Fsp3) is 0.262. The molecule has 14 rings (SSSR count). The molecule has 0 radical (unpaired) electrons. The average molecular weight is 879 g/mol. The van der Waals surface area contributed by atoms with Gasteiger partial charge in [-0.3, -0.25) is 0 Å². The summed E-state index contributed by atoms with van der Waals surface area (Å²) >= 11 is 0. The first kappa shape index (κ1) is 40.5. The number of hydrogen-bond donors (Lipinski definition) is 0. The second-order valence-corrected chi connectivity index (χ2v) is 24.5. The minimum absolute atomic E-state index is 0.0200. The molecule has 0 saturated heterocycles. The Hall–Kier alpha value is -6.58. The largest absolute Gasteiger partial charge is 0.376 e. The molecule has 0 unspecified atom stereocenters. The Labute approximate surface area is 402 Å². The average Bonchev–Trinajstić information content (AvgIpc) is 3.93. The Kier molecular flexibility index (Phi) is 7.47. The molecule has 0 fully saturated rings. The van der Waals surface area contributed by atoms with E-state index in [0.717, 1.165) is 0 Å². The van der Waals surface area contributed by atoms with Crippen molar-refractivity contribution in [3.63, 3.8) is 0 Å². The van der Waals surface area contributed by atoms with Gasteiger partial charge in [-0.1, -0.05) is 180 Å². The molecule has 9 aromatic rings.